The van der Waals surface area contributed by atoms with Crippen molar-refractivity contribution in [2.75, 3.05) is 6.54 Å². The summed E-state index contributed by atoms with van der Waals surface area (Å²) >= 11 is 5.14. The van der Waals surface area contributed by atoms with E-state index < -0.39 is 0 Å². The van der Waals surface area contributed by atoms with Gasteiger partial charge < -0.3 is 9.97 Å². The summed E-state index contributed by atoms with van der Waals surface area (Å²) in [6.07, 6.45) is 2.81. The Bertz CT molecular complexity index is 1210. The molecule has 0 unspecified atom stereocenters. The van der Waals surface area contributed by atoms with E-state index in [-0.39, 0.29) is 5.82 Å². The maximum absolute atomic E-state index is 13.4. The number of hydrogen-bond acceptors (Lipinski definition) is 3. The third kappa shape index (κ3) is 3.15. The molecule has 0 atom stereocenters. The molecular formula is C22H19FN4S. The lowest BCUT2D eigenvalue weighted by molar-refractivity contribution is 0.244. The average Bonchev–Trinajstić information content (AvgIpc) is 3.07. The number of H-pyrrole nitrogens is 2. The van der Waals surface area contributed by atoms with E-state index in [0.717, 1.165) is 42.8 Å². The Labute approximate surface area is 167 Å². The molecule has 2 N–H and O–H groups in total. The second-order valence-corrected chi connectivity index (χ2v) is 7.57. The minimum Gasteiger partial charge on any atom is -0.354 e. The van der Waals surface area contributed by atoms with Crippen molar-refractivity contribution in [2.45, 2.75) is 19.5 Å². The Morgan fingerprint density at radius 3 is 2.75 bits per heavy atom. The van der Waals surface area contributed by atoms with Crippen LogP contribution >= 0.6 is 12.2 Å². The Kier molecular flexibility index (Phi) is 4.30. The van der Waals surface area contributed by atoms with Crippen LogP contribution in [0.25, 0.3) is 22.2 Å². The fraction of sp³-hybridized carbons (Fsp3) is 0.182. The molecule has 0 bridgehead atoms. The van der Waals surface area contributed by atoms with Crippen LogP contribution in [0.3, 0.4) is 0 Å². The zero-order chi connectivity index (χ0) is 19.1. The number of nitrogens with one attached hydrogen (secondary N) is 2. The molecule has 5 rings (SSSR count). The summed E-state index contributed by atoms with van der Waals surface area (Å²) in [6, 6.07) is 15.0. The normalized spacial score (nSPS) is 14.3. The molecule has 0 aliphatic carbocycles. The van der Waals surface area contributed by atoms with E-state index in [0.29, 0.717) is 4.77 Å². The van der Waals surface area contributed by atoms with Crippen molar-refractivity contribution in [3.8, 4) is 11.3 Å². The van der Waals surface area contributed by atoms with Gasteiger partial charge in [-0.25, -0.2) is 9.37 Å². The van der Waals surface area contributed by atoms with Crippen molar-refractivity contribution in [3.63, 3.8) is 0 Å². The highest BCUT2D eigenvalue weighted by atomic mass is 32.1. The van der Waals surface area contributed by atoms with Gasteiger partial charge in [-0.2, -0.15) is 0 Å². The van der Waals surface area contributed by atoms with Crippen LogP contribution in [0.5, 0.6) is 0 Å². The first-order valence-electron chi connectivity index (χ1n) is 9.32. The van der Waals surface area contributed by atoms with Crippen molar-refractivity contribution in [1.82, 2.24) is 19.9 Å². The molecule has 0 saturated carbocycles. The number of aromatic nitrogens is 3. The van der Waals surface area contributed by atoms with Crippen molar-refractivity contribution in [1.29, 1.82) is 0 Å². The van der Waals surface area contributed by atoms with E-state index in [2.05, 4.69) is 38.1 Å². The Morgan fingerprint density at radius 1 is 1.07 bits per heavy atom. The van der Waals surface area contributed by atoms with Gasteiger partial charge in [-0.1, -0.05) is 18.2 Å². The lowest BCUT2D eigenvalue weighted by Crippen LogP contribution is -2.31. The van der Waals surface area contributed by atoms with Gasteiger partial charge in [-0.3, -0.25) is 4.90 Å². The van der Waals surface area contributed by atoms with Crippen LogP contribution in [-0.4, -0.2) is 26.4 Å². The van der Waals surface area contributed by atoms with E-state index in [1.54, 1.807) is 0 Å². The minimum atomic E-state index is -0.223. The molecule has 4 nitrogen and oxygen atoms in total. The predicted octanol–water partition coefficient (Wildman–Crippen LogP) is 4.98. The monoisotopic (exact) mass is 390 g/mol. The van der Waals surface area contributed by atoms with Crippen LogP contribution in [-0.2, 0) is 19.5 Å². The summed E-state index contributed by atoms with van der Waals surface area (Å²) in [5.41, 5.74) is 6.77. The molecule has 0 saturated heterocycles. The van der Waals surface area contributed by atoms with Gasteiger partial charge in [0.2, 0.25) is 0 Å². The van der Waals surface area contributed by atoms with Crippen molar-refractivity contribution >= 4 is 23.1 Å². The lowest BCUT2D eigenvalue weighted by Gasteiger charge is -2.28. The summed E-state index contributed by atoms with van der Waals surface area (Å²) in [4.78, 5) is 13.4. The molecule has 0 spiro atoms. The highest BCUT2D eigenvalue weighted by Crippen LogP contribution is 2.32. The zero-order valence-electron chi connectivity index (χ0n) is 15.2. The Hall–Kier alpha value is -2.83. The van der Waals surface area contributed by atoms with E-state index in [4.69, 9.17) is 12.2 Å². The van der Waals surface area contributed by atoms with E-state index >= 15 is 0 Å². The van der Waals surface area contributed by atoms with Gasteiger partial charge in [0.1, 0.15) is 5.82 Å². The molecule has 2 aromatic carbocycles. The largest absolute Gasteiger partial charge is 0.354 e. The third-order valence-corrected chi connectivity index (χ3v) is 5.59. The first-order valence-corrected chi connectivity index (χ1v) is 9.73. The van der Waals surface area contributed by atoms with E-state index in [1.807, 2.05) is 24.4 Å². The maximum atomic E-state index is 13.4. The van der Waals surface area contributed by atoms with Gasteiger partial charge in [0, 0.05) is 54.4 Å². The predicted molar refractivity (Wildman–Crippen MR) is 111 cm³/mol. The van der Waals surface area contributed by atoms with Gasteiger partial charge in [-0.15, -0.1) is 0 Å². The minimum absolute atomic E-state index is 0.223. The second kappa shape index (κ2) is 6.96. The van der Waals surface area contributed by atoms with Crippen LogP contribution in [0.1, 0.15) is 16.8 Å². The first-order chi connectivity index (χ1) is 13.7. The van der Waals surface area contributed by atoms with Gasteiger partial charge in [0.25, 0.3) is 0 Å². The van der Waals surface area contributed by atoms with E-state index in [9.17, 15) is 4.39 Å². The van der Waals surface area contributed by atoms with Crippen molar-refractivity contribution in [3.05, 3.63) is 82.1 Å². The molecule has 2 aromatic heterocycles. The van der Waals surface area contributed by atoms with E-state index in [1.165, 1.54) is 34.3 Å². The maximum Gasteiger partial charge on any atom is 0.196 e. The molecule has 1 aliphatic heterocycles. The molecule has 140 valence electrons. The summed E-state index contributed by atoms with van der Waals surface area (Å²) in [5.74, 6) is -0.223. The van der Waals surface area contributed by atoms with Gasteiger partial charge in [-0.05, 0) is 53.7 Å². The smallest absolute Gasteiger partial charge is 0.196 e. The van der Waals surface area contributed by atoms with Gasteiger partial charge >= 0.3 is 0 Å². The number of aromatic amines is 2. The van der Waals surface area contributed by atoms with Crippen LogP contribution in [0, 0.1) is 10.6 Å². The van der Waals surface area contributed by atoms with Gasteiger partial charge in [0.15, 0.2) is 4.77 Å². The first kappa shape index (κ1) is 17.3. The number of halogens is 1. The molecule has 0 radical (unpaired) electrons. The topological polar surface area (TPSA) is 47.7 Å². The fourth-order valence-corrected chi connectivity index (χ4v) is 4.17. The Balaban J connectivity index is 1.53. The molecule has 1 aliphatic rings. The van der Waals surface area contributed by atoms with Crippen LogP contribution in [0.15, 0.2) is 54.7 Å². The fourth-order valence-electron chi connectivity index (χ4n) is 3.99. The second-order valence-electron chi connectivity index (χ2n) is 7.18. The number of para-hydroxylation sites is 1. The number of nitrogens with zero attached hydrogens (tertiary/aromatic N) is 2. The highest BCUT2D eigenvalue weighted by molar-refractivity contribution is 7.71. The molecule has 0 fully saturated rings. The zero-order valence-corrected chi connectivity index (χ0v) is 16.0. The Morgan fingerprint density at radius 2 is 1.89 bits per heavy atom. The number of rotatable bonds is 3. The van der Waals surface area contributed by atoms with Crippen LogP contribution < -0.4 is 0 Å². The van der Waals surface area contributed by atoms with Crippen LogP contribution in [0.4, 0.5) is 4.39 Å². The number of benzene rings is 2. The summed E-state index contributed by atoms with van der Waals surface area (Å²) in [6.45, 7) is 2.59. The summed E-state index contributed by atoms with van der Waals surface area (Å²) in [5, 5.41) is 1.21. The highest BCUT2D eigenvalue weighted by Gasteiger charge is 2.21. The molecule has 6 heteroatoms. The quantitative estimate of drug-likeness (QED) is 0.485. The molecular weight excluding hydrogens is 371 g/mol. The van der Waals surface area contributed by atoms with Crippen molar-refractivity contribution < 1.29 is 4.39 Å². The lowest BCUT2D eigenvalue weighted by atomic mass is 10.0. The summed E-state index contributed by atoms with van der Waals surface area (Å²) < 4.78 is 14.0. The molecule has 0 amide bonds. The van der Waals surface area contributed by atoms with Gasteiger partial charge in [0.05, 0.1) is 5.69 Å². The van der Waals surface area contributed by atoms with Crippen LogP contribution in [0.2, 0.25) is 0 Å². The number of hydrogen-bond donors (Lipinski definition) is 2. The summed E-state index contributed by atoms with van der Waals surface area (Å²) in [7, 11) is 0. The SMILES string of the molecule is Fc1ccc(-c2[nH]c3ccccc3c2CN2CCc3[nH]c(=S)ncc3C2)cc1. The van der Waals surface area contributed by atoms with Crippen molar-refractivity contribution in [2.24, 2.45) is 0 Å². The molecule has 3 heterocycles. The molecule has 4 aromatic rings. The molecule has 28 heavy (non-hydrogen) atoms. The number of fused-ring (bicyclic) bond motifs is 2. The third-order valence-electron chi connectivity index (χ3n) is 5.38. The standard InChI is InChI=1S/C22H19FN4S/c23-16-7-5-14(6-8-16)21-18(17-3-1-2-4-20(17)25-21)13-27-10-9-19-15(12-27)11-24-22(28)26-19/h1-8,11,25H,9-10,12-13H2,(H,24,26,28). The average molecular weight is 390 g/mol.